The number of hydrogen-bond donors (Lipinski definition) is 6. The fourth-order valence-electron chi connectivity index (χ4n) is 7.08. The van der Waals surface area contributed by atoms with Crippen LogP contribution in [-0.4, -0.2) is 87.5 Å². The lowest BCUT2D eigenvalue weighted by Crippen LogP contribution is -2.60. The Morgan fingerprint density at radius 2 is 0.912 bits per heavy atom. The van der Waals surface area contributed by atoms with E-state index in [1.165, 1.54) is 6.42 Å². The second kappa shape index (κ2) is 46.8. The van der Waals surface area contributed by atoms with Crippen molar-refractivity contribution in [2.75, 3.05) is 13.2 Å². The third-order valence-corrected chi connectivity index (χ3v) is 11.2. The molecule has 382 valence electrons. The van der Waals surface area contributed by atoms with E-state index in [0.717, 1.165) is 122 Å². The molecule has 1 aliphatic heterocycles. The molecular formula is C59H93NO8. The smallest absolute Gasteiger partial charge is 0.220 e. The minimum atomic E-state index is -1.57. The molecule has 1 rings (SSSR count). The van der Waals surface area contributed by atoms with E-state index >= 15 is 0 Å². The third-order valence-electron chi connectivity index (χ3n) is 11.2. The summed E-state index contributed by atoms with van der Waals surface area (Å²) < 4.78 is 11.2. The highest BCUT2D eigenvalue weighted by Gasteiger charge is 2.44. The maximum atomic E-state index is 12.9. The Kier molecular flexibility index (Phi) is 42.7. The van der Waals surface area contributed by atoms with Gasteiger partial charge < -0.3 is 40.3 Å². The van der Waals surface area contributed by atoms with E-state index in [1.54, 1.807) is 0 Å². The maximum absolute atomic E-state index is 12.9. The zero-order valence-corrected chi connectivity index (χ0v) is 42.0. The van der Waals surface area contributed by atoms with Crippen molar-refractivity contribution in [2.24, 2.45) is 0 Å². The summed E-state index contributed by atoms with van der Waals surface area (Å²) in [5.74, 6) is -0.200. The average molecular weight is 944 g/mol. The van der Waals surface area contributed by atoms with Gasteiger partial charge >= 0.3 is 0 Å². The second-order valence-corrected chi connectivity index (χ2v) is 17.2. The van der Waals surface area contributed by atoms with Crippen molar-refractivity contribution in [3.05, 3.63) is 146 Å². The van der Waals surface area contributed by atoms with E-state index < -0.39 is 49.5 Å². The lowest BCUT2D eigenvalue weighted by atomic mass is 9.99. The van der Waals surface area contributed by atoms with Crippen LogP contribution in [0.1, 0.15) is 162 Å². The van der Waals surface area contributed by atoms with Crippen LogP contribution in [0, 0.1) is 0 Å². The Balaban J connectivity index is 2.16. The summed E-state index contributed by atoms with van der Waals surface area (Å²) >= 11 is 0. The first-order valence-corrected chi connectivity index (χ1v) is 26.0. The summed E-state index contributed by atoms with van der Waals surface area (Å²) in [7, 11) is 0. The van der Waals surface area contributed by atoms with E-state index in [1.807, 2.05) is 0 Å². The number of hydrogen-bond acceptors (Lipinski definition) is 8. The minimum absolute atomic E-state index is 0.168. The normalized spacial score (nSPS) is 20.8. The van der Waals surface area contributed by atoms with Crippen molar-refractivity contribution in [1.29, 1.82) is 0 Å². The molecule has 68 heavy (non-hydrogen) atoms. The molecule has 0 aromatic rings. The van der Waals surface area contributed by atoms with Crippen molar-refractivity contribution < 1.29 is 39.8 Å². The fourth-order valence-corrected chi connectivity index (χ4v) is 7.08. The van der Waals surface area contributed by atoms with Gasteiger partial charge in [-0.15, -0.1) is 0 Å². The number of allylic oxidation sites excluding steroid dienone is 24. The van der Waals surface area contributed by atoms with E-state index in [9.17, 15) is 30.3 Å². The van der Waals surface area contributed by atoms with Gasteiger partial charge in [0.2, 0.25) is 5.91 Å². The Labute approximate surface area is 413 Å². The number of ether oxygens (including phenoxy) is 2. The summed E-state index contributed by atoms with van der Waals surface area (Å²) in [6.07, 6.45) is 66.3. The van der Waals surface area contributed by atoms with Gasteiger partial charge in [-0.3, -0.25) is 4.79 Å². The highest BCUT2D eigenvalue weighted by Crippen LogP contribution is 2.23. The first-order valence-electron chi connectivity index (χ1n) is 26.0. The number of nitrogens with one attached hydrogen (secondary N) is 1. The van der Waals surface area contributed by atoms with Gasteiger partial charge in [0, 0.05) is 6.42 Å². The van der Waals surface area contributed by atoms with Gasteiger partial charge in [-0.2, -0.15) is 0 Å². The Morgan fingerprint density at radius 1 is 0.515 bits per heavy atom. The molecule has 1 aliphatic rings. The Bertz CT molecular complexity index is 1560. The summed E-state index contributed by atoms with van der Waals surface area (Å²) in [5.41, 5.74) is 0. The van der Waals surface area contributed by atoms with Crippen LogP contribution in [-0.2, 0) is 14.3 Å². The zero-order chi connectivity index (χ0) is 49.4. The highest BCUT2D eigenvalue weighted by atomic mass is 16.7. The number of unbranched alkanes of at least 4 members (excludes halogenated alkanes) is 7. The van der Waals surface area contributed by atoms with Crippen molar-refractivity contribution in [1.82, 2.24) is 5.32 Å². The molecule has 0 bridgehead atoms. The molecule has 0 spiro atoms. The predicted molar refractivity (Wildman–Crippen MR) is 285 cm³/mol. The van der Waals surface area contributed by atoms with Gasteiger partial charge in [0.15, 0.2) is 6.29 Å². The van der Waals surface area contributed by atoms with Crippen molar-refractivity contribution in [3.8, 4) is 0 Å². The van der Waals surface area contributed by atoms with Gasteiger partial charge in [0.05, 0.1) is 25.4 Å². The van der Waals surface area contributed by atoms with Gasteiger partial charge in [-0.05, 0) is 103 Å². The summed E-state index contributed by atoms with van der Waals surface area (Å²) in [6.45, 7) is 3.59. The molecular weight excluding hydrogens is 851 g/mol. The van der Waals surface area contributed by atoms with Gasteiger partial charge in [0.1, 0.15) is 24.4 Å². The molecule has 0 saturated carbocycles. The number of carbonyl (C=O) groups is 1. The zero-order valence-electron chi connectivity index (χ0n) is 42.0. The van der Waals surface area contributed by atoms with Crippen molar-refractivity contribution >= 4 is 5.91 Å². The van der Waals surface area contributed by atoms with E-state index in [2.05, 4.69) is 165 Å². The van der Waals surface area contributed by atoms with Crippen LogP contribution in [0.5, 0.6) is 0 Å². The van der Waals surface area contributed by atoms with E-state index in [4.69, 9.17) is 9.47 Å². The Morgan fingerprint density at radius 3 is 1.32 bits per heavy atom. The molecule has 0 aromatic carbocycles. The molecule has 6 N–H and O–H groups in total. The monoisotopic (exact) mass is 944 g/mol. The minimum Gasteiger partial charge on any atom is -0.394 e. The molecule has 1 saturated heterocycles. The van der Waals surface area contributed by atoms with Crippen molar-refractivity contribution in [3.63, 3.8) is 0 Å². The van der Waals surface area contributed by atoms with Gasteiger partial charge in [0.25, 0.3) is 0 Å². The molecule has 7 atom stereocenters. The molecule has 1 fully saturated rings. The first kappa shape index (κ1) is 62.1. The topological polar surface area (TPSA) is 149 Å². The number of amides is 1. The maximum Gasteiger partial charge on any atom is 0.220 e. The van der Waals surface area contributed by atoms with Gasteiger partial charge in [-0.25, -0.2) is 0 Å². The number of aliphatic hydroxyl groups is 5. The SMILES string of the molecule is CC/C=C\C/C=C\C/C=C\C/C=C\C/C=C\C/C=C\C/C=C\C/C=C\C/C=C\C/C=C\C/C=C\C/C=C\CCCCC(=O)NC(COC1OC(CO)C(O)C(O)C1O)C(O)CCCCCCCC. The molecule has 1 amide bonds. The molecule has 7 unspecified atom stereocenters. The second-order valence-electron chi connectivity index (χ2n) is 17.2. The van der Waals surface area contributed by atoms with Crippen LogP contribution >= 0.6 is 0 Å². The summed E-state index contributed by atoms with van der Waals surface area (Å²) in [5, 5.41) is 54.0. The summed E-state index contributed by atoms with van der Waals surface area (Å²) in [4.78, 5) is 12.9. The first-order chi connectivity index (χ1) is 33.3. The van der Waals surface area contributed by atoms with Crippen molar-refractivity contribution in [2.45, 2.75) is 204 Å². The molecule has 9 nitrogen and oxygen atoms in total. The molecule has 9 heteroatoms. The van der Waals surface area contributed by atoms with Crippen LogP contribution < -0.4 is 5.32 Å². The number of aliphatic hydroxyl groups excluding tert-OH is 5. The van der Waals surface area contributed by atoms with Crippen LogP contribution in [0.15, 0.2) is 146 Å². The predicted octanol–water partition coefficient (Wildman–Crippen LogP) is 12.3. The van der Waals surface area contributed by atoms with Crippen LogP contribution in [0.3, 0.4) is 0 Å². The van der Waals surface area contributed by atoms with E-state index in [-0.39, 0.29) is 12.5 Å². The number of rotatable bonds is 41. The lowest BCUT2D eigenvalue weighted by Gasteiger charge is -2.40. The molecule has 0 aliphatic carbocycles. The molecule has 0 radical (unpaired) electrons. The van der Waals surface area contributed by atoms with E-state index in [0.29, 0.717) is 19.3 Å². The fraction of sp³-hybridized carbons (Fsp3) is 0.576. The van der Waals surface area contributed by atoms with Gasteiger partial charge in [-0.1, -0.05) is 198 Å². The highest BCUT2D eigenvalue weighted by molar-refractivity contribution is 5.76. The molecule has 1 heterocycles. The summed E-state index contributed by atoms with van der Waals surface area (Å²) in [6, 6.07) is -0.749. The van der Waals surface area contributed by atoms with Crippen LogP contribution in [0.25, 0.3) is 0 Å². The lowest BCUT2D eigenvalue weighted by molar-refractivity contribution is -0.302. The molecule has 0 aromatic heterocycles. The largest absolute Gasteiger partial charge is 0.394 e. The van der Waals surface area contributed by atoms with Crippen LogP contribution in [0.4, 0.5) is 0 Å². The third kappa shape index (κ3) is 36.1. The standard InChI is InChI=1S/C59H93NO8/c1-3-5-7-9-11-12-13-14-15-16-17-18-19-20-21-22-23-24-25-26-27-28-29-30-31-32-33-34-35-36-37-38-39-40-41-42-43-45-47-49-55(63)60-52(53(62)48-46-44-10-8-6-4-2)51-67-59-58(66)57(65)56(64)54(50-61)68-59/h5,7,11-12,14-15,17-18,20-21,23-24,26-27,29-30,32-33,35-36,38-39,41-42,52-54,56-59,61-62,64-66H,3-4,6,8-10,13,16,19,22,25,28,31,34,37,40,43-51H2,1-2H3,(H,60,63)/b7-5-,12-11-,15-14-,18-17-,21-20-,24-23-,27-26-,30-29-,33-32-,36-35-,39-38-,42-41-. The average Bonchev–Trinajstić information content (AvgIpc) is 3.34. The number of carbonyl (C=O) groups excluding carboxylic acids is 1. The quantitative estimate of drug-likeness (QED) is 0.0262. The van der Waals surface area contributed by atoms with Crippen LogP contribution in [0.2, 0.25) is 0 Å². The Hall–Kier alpha value is -3.93.